The number of piperidine rings is 1. The van der Waals surface area contributed by atoms with Gasteiger partial charge in [0.2, 0.25) is 5.91 Å². The number of fused-ring (bicyclic) bond motifs is 1. The molecule has 6 nitrogen and oxygen atoms in total. The number of amides is 1. The highest BCUT2D eigenvalue weighted by molar-refractivity contribution is 6.35. The number of anilines is 1. The number of carbonyl (C=O) groups is 2. The molecule has 3 N–H and O–H groups in total. The maximum absolute atomic E-state index is 12.5. The van der Waals surface area contributed by atoms with Crippen LogP contribution >= 0.6 is 23.2 Å². The van der Waals surface area contributed by atoms with E-state index in [4.69, 9.17) is 23.2 Å². The van der Waals surface area contributed by atoms with E-state index in [0.717, 1.165) is 31.5 Å². The predicted octanol–water partition coefficient (Wildman–Crippen LogP) is 2.90. The van der Waals surface area contributed by atoms with Crippen molar-refractivity contribution < 1.29 is 14.7 Å². The molecule has 25 heavy (non-hydrogen) atoms. The van der Waals surface area contributed by atoms with E-state index in [2.05, 4.69) is 10.6 Å². The summed E-state index contributed by atoms with van der Waals surface area (Å²) in [7, 11) is 0. The highest BCUT2D eigenvalue weighted by Crippen LogP contribution is 2.44. The maximum atomic E-state index is 12.5. The van der Waals surface area contributed by atoms with Crippen molar-refractivity contribution in [1.29, 1.82) is 0 Å². The number of hydrogen-bond acceptors (Lipinski definition) is 4. The number of carboxylic acid groups (broad SMARTS) is 1. The molecule has 8 heteroatoms. The Bertz CT molecular complexity index is 692. The van der Waals surface area contributed by atoms with Crippen molar-refractivity contribution in [3.05, 3.63) is 27.7 Å². The second kappa shape index (κ2) is 7.40. The third-order valence-corrected chi connectivity index (χ3v) is 5.45. The van der Waals surface area contributed by atoms with Crippen LogP contribution in [0.5, 0.6) is 0 Å². The van der Waals surface area contributed by atoms with Crippen molar-refractivity contribution in [2.45, 2.75) is 44.3 Å². The highest BCUT2D eigenvalue weighted by atomic mass is 35.5. The fourth-order valence-corrected chi connectivity index (χ4v) is 4.48. The summed E-state index contributed by atoms with van der Waals surface area (Å²) in [6, 6.07) is 2.19. The molecule has 1 aromatic carbocycles. The lowest BCUT2D eigenvalue weighted by Gasteiger charge is -2.44. The minimum Gasteiger partial charge on any atom is -0.480 e. The number of nitrogens with one attached hydrogen (secondary N) is 2. The van der Waals surface area contributed by atoms with Crippen molar-refractivity contribution in [2.24, 2.45) is 0 Å². The smallest absolute Gasteiger partial charge is 0.326 e. The number of halogens is 2. The summed E-state index contributed by atoms with van der Waals surface area (Å²) in [4.78, 5) is 25.9. The van der Waals surface area contributed by atoms with E-state index in [1.165, 1.54) is 6.92 Å². The van der Waals surface area contributed by atoms with Gasteiger partial charge in [0.25, 0.3) is 0 Å². The lowest BCUT2D eigenvalue weighted by atomic mass is 9.89. The molecule has 136 valence electrons. The lowest BCUT2D eigenvalue weighted by Crippen LogP contribution is -2.50. The van der Waals surface area contributed by atoms with E-state index in [1.54, 1.807) is 12.1 Å². The predicted molar refractivity (Wildman–Crippen MR) is 97.3 cm³/mol. The van der Waals surface area contributed by atoms with Crippen molar-refractivity contribution in [3.63, 3.8) is 0 Å². The van der Waals surface area contributed by atoms with E-state index in [-0.39, 0.29) is 24.4 Å². The fraction of sp³-hybridized carbons (Fsp3) is 0.529. The normalized spacial score (nSPS) is 23.5. The minimum atomic E-state index is -0.958. The Morgan fingerprint density at radius 3 is 2.52 bits per heavy atom. The van der Waals surface area contributed by atoms with Crippen LogP contribution in [0.2, 0.25) is 10.0 Å². The number of carboxylic acids is 1. The van der Waals surface area contributed by atoms with Crippen molar-refractivity contribution in [1.82, 2.24) is 10.2 Å². The van der Waals surface area contributed by atoms with Crippen LogP contribution in [0.15, 0.2) is 12.1 Å². The zero-order chi connectivity index (χ0) is 18.1. The topological polar surface area (TPSA) is 81.7 Å². The first-order valence-electron chi connectivity index (χ1n) is 8.36. The maximum Gasteiger partial charge on any atom is 0.326 e. The standard InChI is InChI=1S/C17H21Cl2N3O3/c1-9(23)22(11-2-4-20-5-3-11)15-8-14(17(24)25)21-13-7-10(18)6-12(19)16(13)15/h6-7,11,14-15,20-21H,2-5,8H2,1H3,(H,24,25). The van der Waals surface area contributed by atoms with Crippen LogP contribution < -0.4 is 10.6 Å². The van der Waals surface area contributed by atoms with E-state index >= 15 is 0 Å². The van der Waals surface area contributed by atoms with Gasteiger partial charge < -0.3 is 20.6 Å². The molecule has 0 radical (unpaired) electrons. The molecule has 0 bridgehead atoms. The van der Waals surface area contributed by atoms with Gasteiger partial charge >= 0.3 is 5.97 Å². The van der Waals surface area contributed by atoms with Crippen LogP contribution in [-0.4, -0.2) is 47.1 Å². The van der Waals surface area contributed by atoms with Gasteiger partial charge in [0.15, 0.2) is 0 Å². The molecule has 0 spiro atoms. The van der Waals surface area contributed by atoms with Gasteiger partial charge in [-0.25, -0.2) is 4.79 Å². The lowest BCUT2D eigenvalue weighted by molar-refractivity contribution is -0.141. The second-order valence-corrected chi connectivity index (χ2v) is 7.39. The number of nitrogens with zero attached hydrogens (tertiary/aromatic N) is 1. The molecule has 2 atom stereocenters. The zero-order valence-corrected chi connectivity index (χ0v) is 15.4. The minimum absolute atomic E-state index is 0.0656. The van der Waals surface area contributed by atoms with Gasteiger partial charge in [-0.3, -0.25) is 4.79 Å². The third kappa shape index (κ3) is 3.71. The van der Waals surface area contributed by atoms with Crippen molar-refractivity contribution in [2.75, 3.05) is 18.4 Å². The Balaban J connectivity index is 2.06. The first kappa shape index (κ1) is 18.3. The summed E-state index contributed by atoms with van der Waals surface area (Å²) in [5, 5.41) is 16.7. The highest BCUT2D eigenvalue weighted by Gasteiger charge is 2.39. The summed E-state index contributed by atoms with van der Waals surface area (Å²) in [5.74, 6) is -1.03. The van der Waals surface area contributed by atoms with E-state index in [9.17, 15) is 14.7 Å². The molecule has 3 rings (SSSR count). The number of rotatable bonds is 3. The van der Waals surface area contributed by atoms with Crippen LogP contribution in [0.1, 0.15) is 37.8 Å². The number of benzene rings is 1. The Kier molecular flexibility index (Phi) is 5.41. The molecule has 0 saturated carbocycles. The average Bonchev–Trinajstić information content (AvgIpc) is 2.54. The zero-order valence-electron chi connectivity index (χ0n) is 13.9. The fourth-order valence-electron chi connectivity index (χ4n) is 3.86. The van der Waals surface area contributed by atoms with Gasteiger partial charge in [-0.1, -0.05) is 23.2 Å². The first-order chi connectivity index (χ1) is 11.9. The molecule has 1 saturated heterocycles. The molecule has 2 aliphatic heterocycles. The molecular formula is C17H21Cl2N3O3. The number of hydrogen-bond donors (Lipinski definition) is 3. The third-order valence-electron chi connectivity index (χ3n) is 4.92. The molecule has 1 fully saturated rings. The molecule has 2 unspecified atom stereocenters. The summed E-state index contributed by atoms with van der Waals surface area (Å²) in [6.07, 6.45) is 1.94. The van der Waals surface area contributed by atoms with Crippen LogP contribution in [0.4, 0.5) is 5.69 Å². The summed E-state index contributed by atoms with van der Waals surface area (Å²) in [5.41, 5.74) is 1.33. The van der Waals surface area contributed by atoms with Crippen LogP contribution in [0, 0.1) is 0 Å². The molecule has 1 amide bonds. The van der Waals surface area contributed by atoms with Gasteiger partial charge in [-0.15, -0.1) is 0 Å². The van der Waals surface area contributed by atoms with Gasteiger partial charge in [-0.2, -0.15) is 0 Å². The van der Waals surface area contributed by atoms with Crippen molar-refractivity contribution in [3.8, 4) is 0 Å². The Morgan fingerprint density at radius 2 is 1.92 bits per heavy atom. The molecule has 1 aromatic rings. The SMILES string of the molecule is CC(=O)N(C1CCNCC1)C1CC(C(=O)O)Nc2cc(Cl)cc(Cl)c21. The van der Waals surface area contributed by atoms with Gasteiger partial charge in [0.1, 0.15) is 6.04 Å². The monoisotopic (exact) mass is 385 g/mol. The Morgan fingerprint density at radius 1 is 1.24 bits per heavy atom. The van der Waals surface area contributed by atoms with Crippen LogP contribution in [0.25, 0.3) is 0 Å². The number of aliphatic carboxylic acids is 1. The summed E-state index contributed by atoms with van der Waals surface area (Å²) < 4.78 is 0. The van der Waals surface area contributed by atoms with Crippen LogP contribution in [-0.2, 0) is 9.59 Å². The first-order valence-corrected chi connectivity index (χ1v) is 9.12. The Labute approximate surface area is 156 Å². The number of carbonyl (C=O) groups excluding carboxylic acids is 1. The van der Waals surface area contributed by atoms with Crippen molar-refractivity contribution >= 4 is 40.8 Å². The molecule has 2 heterocycles. The Hall–Kier alpha value is -1.50. The van der Waals surface area contributed by atoms with E-state index in [0.29, 0.717) is 15.7 Å². The molecule has 2 aliphatic rings. The van der Waals surface area contributed by atoms with Crippen LogP contribution in [0.3, 0.4) is 0 Å². The van der Waals surface area contributed by atoms with Gasteiger partial charge in [-0.05, 0) is 38.1 Å². The molecular weight excluding hydrogens is 365 g/mol. The summed E-state index contributed by atoms with van der Waals surface area (Å²) in [6.45, 7) is 3.20. The summed E-state index contributed by atoms with van der Waals surface area (Å²) >= 11 is 12.5. The van der Waals surface area contributed by atoms with Gasteiger partial charge in [0.05, 0.1) is 6.04 Å². The van der Waals surface area contributed by atoms with Gasteiger partial charge in [0, 0.05) is 40.7 Å². The average molecular weight is 386 g/mol. The largest absolute Gasteiger partial charge is 0.480 e. The molecule has 0 aliphatic carbocycles. The second-order valence-electron chi connectivity index (χ2n) is 6.54. The van der Waals surface area contributed by atoms with E-state index < -0.39 is 12.0 Å². The quantitative estimate of drug-likeness (QED) is 0.744. The van der Waals surface area contributed by atoms with E-state index in [1.807, 2.05) is 4.90 Å². The molecule has 0 aromatic heterocycles.